The summed E-state index contributed by atoms with van der Waals surface area (Å²) in [6.45, 7) is 0. The number of fused-ring (bicyclic) bond motifs is 1. The molecule has 1 N–H and O–H groups in total. The van der Waals surface area contributed by atoms with Gasteiger partial charge in [-0.15, -0.1) is 11.3 Å². The summed E-state index contributed by atoms with van der Waals surface area (Å²) in [6, 6.07) is 11.7. The van der Waals surface area contributed by atoms with E-state index < -0.39 is 6.10 Å². The minimum absolute atomic E-state index is 0.690. The molecule has 0 amide bonds. The maximum Gasteiger partial charge on any atom is 0.126 e. The number of hydrogen-bond acceptors (Lipinski definition) is 4. The number of ether oxygens (including phenoxy) is 1. The average Bonchev–Trinajstić information content (AvgIpc) is 2.91. The molecule has 102 valence electrons. The van der Waals surface area contributed by atoms with Crippen LogP contribution in [0, 0.1) is 0 Å². The second kappa shape index (κ2) is 5.52. The predicted octanol–water partition coefficient (Wildman–Crippen LogP) is 4.15. The Bertz CT molecular complexity index is 756. The van der Waals surface area contributed by atoms with Crippen LogP contribution in [-0.4, -0.2) is 17.2 Å². The molecule has 1 atom stereocenters. The lowest BCUT2D eigenvalue weighted by Gasteiger charge is -2.14. The van der Waals surface area contributed by atoms with Gasteiger partial charge in [0.1, 0.15) is 16.5 Å². The second-order valence-corrected chi connectivity index (χ2v) is 5.95. The van der Waals surface area contributed by atoms with Crippen LogP contribution in [0.4, 0.5) is 0 Å². The van der Waals surface area contributed by atoms with Gasteiger partial charge < -0.3 is 9.84 Å². The van der Waals surface area contributed by atoms with Crippen molar-refractivity contribution in [3.63, 3.8) is 0 Å². The average molecular weight is 350 g/mol. The van der Waals surface area contributed by atoms with Crippen molar-refractivity contribution in [3.8, 4) is 5.75 Å². The fraction of sp³-hybridized carbons (Fsp3) is 0.133. The molecule has 1 aromatic heterocycles. The Morgan fingerprint density at radius 2 is 1.95 bits per heavy atom. The SMILES string of the molecule is COc1ccc(C(O)c2scnc2Br)c2ccccc12. The lowest BCUT2D eigenvalue weighted by molar-refractivity contribution is 0.224. The lowest BCUT2D eigenvalue weighted by atomic mass is 9.99. The lowest BCUT2D eigenvalue weighted by Crippen LogP contribution is -2.00. The molecule has 0 saturated heterocycles. The number of thiazole rings is 1. The zero-order valence-corrected chi connectivity index (χ0v) is 13.1. The highest BCUT2D eigenvalue weighted by molar-refractivity contribution is 9.10. The Morgan fingerprint density at radius 1 is 1.20 bits per heavy atom. The quantitative estimate of drug-likeness (QED) is 0.772. The van der Waals surface area contributed by atoms with E-state index in [1.165, 1.54) is 11.3 Å². The van der Waals surface area contributed by atoms with Gasteiger partial charge in [0, 0.05) is 5.39 Å². The Kier molecular flexibility index (Phi) is 3.74. The van der Waals surface area contributed by atoms with Gasteiger partial charge in [-0.1, -0.05) is 30.3 Å². The molecule has 3 rings (SSSR count). The third kappa shape index (κ3) is 2.22. The summed E-state index contributed by atoms with van der Waals surface area (Å²) in [5, 5.41) is 12.6. The minimum atomic E-state index is -0.701. The van der Waals surface area contributed by atoms with E-state index in [1.54, 1.807) is 12.6 Å². The fourth-order valence-corrected chi connectivity index (χ4v) is 3.68. The molecule has 0 saturated carbocycles. The van der Waals surface area contributed by atoms with Crippen molar-refractivity contribution >= 4 is 38.0 Å². The number of hydrogen-bond donors (Lipinski definition) is 1. The molecule has 1 heterocycles. The molecule has 0 aliphatic rings. The van der Waals surface area contributed by atoms with Crippen LogP contribution in [-0.2, 0) is 0 Å². The number of aliphatic hydroxyl groups excluding tert-OH is 1. The first-order valence-electron chi connectivity index (χ1n) is 6.05. The number of nitrogens with zero attached hydrogens (tertiary/aromatic N) is 1. The standard InChI is InChI=1S/C15H12BrNO2S/c1-19-12-7-6-11(9-4-2-3-5-10(9)12)13(18)14-15(16)17-8-20-14/h2-8,13,18H,1H3. The highest BCUT2D eigenvalue weighted by Crippen LogP contribution is 2.37. The van der Waals surface area contributed by atoms with Crippen LogP contribution in [0.15, 0.2) is 46.5 Å². The normalized spacial score (nSPS) is 12.6. The zero-order chi connectivity index (χ0) is 14.1. The van der Waals surface area contributed by atoms with Gasteiger partial charge in [-0.25, -0.2) is 4.98 Å². The first-order chi connectivity index (χ1) is 9.72. The molecule has 20 heavy (non-hydrogen) atoms. The van der Waals surface area contributed by atoms with Gasteiger partial charge in [0.2, 0.25) is 0 Å². The molecule has 0 bridgehead atoms. The van der Waals surface area contributed by atoms with E-state index in [4.69, 9.17) is 4.74 Å². The summed E-state index contributed by atoms with van der Waals surface area (Å²) in [6.07, 6.45) is -0.701. The van der Waals surface area contributed by atoms with Crippen molar-refractivity contribution in [1.82, 2.24) is 4.98 Å². The van der Waals surface area contributed by atoms with Crippen molar-refractivity contribution < 1.29 is 9.84 Å². The number of methoxy groups -OCH3 is 1. The Morgan fingerprint density at radius 3 is 2.60 bits per heavy atom. The Hall–Kier alpha value is -1.43. The van der Waals surface area contributed by atoms with Gasteiger partial charge in [0.05, 0.1) is 17.5 Å². The summed E-state index contributed by atoms with van der Waals surface area (Å²) in [5.74, 6) is 0.805. The van der Waals surface area contributed by atoms with Crippen molar-refractivity contribution in [1.29, 1.82) is 0 Å². The van der Waals surface area contributed by atoms with Gasteiger partial charge in [0.15, 0.2) is 0 Å². The number of aliphatic hydroxyl groups is 1. The van der Waals surface area contributed by atoms with Gasteiger partial charge in [-0.3, -0.25) is 0 Å². The van der Waals surface area contributed by atoms with Crippen molar-refractivity contribution in [2.24, 2.45) is 0 Å². The van der Waals surface area contributed by atoms with E-state index in [9.17, 15) is 5.11 Å². The fourth-order valence-electron chi connectivity index (χ4n) is 2.27. The van der Waals surface area contributed by atoms with Crippen LogP contribution in [0.3, 0.4) is 0 Å². The molecular formula is C15H12BrNO2S. The minimum Gasteiger partial charge on any atom is -0.496 e. The van der Waals surface area contributed by atoms with E-state index in [0.717, 1.165) is 27.0 Å². The van der Waals surface area contributed by atoms with Crippen LogP contribution < -0.4 is 4.74 Å². The Labute approximate surface area is 129 Å². The largest absolute Gasteiger partial charge is 0.496 e. The predicted molar refractivity (Wildman–Crippen MR) is 84.4 cm³/mol. The molecule has 3 aromatic rings. The van der Waals surface area contributed by atoms with E-state index in [1.807, 2.05) is 36.4 Å². The summed E-state index contributed by atoms with van der Waals surface area (Å²) in [4.78, 5) is 4.93. The third-order valence-electron chi connectivity index (χ3n) is 3.23. The topological polar surface area (TPSA) is 42.4 Å². The van der Waals surface area contributed by atoms with Crippen LogP contribution in [0.5, 0.6) is 5.75 Å². The van der Waals surface area contributed by atoms with Crippen LogP contribution >= 0.6 is 27.3 Å². The molecule has 0 aliphatic carbocycles. The van der Waals surface area contributed by atoms with Gasteiger partial charge in [-0.2, -0.15) is 0 Å². The van der Waals surface area contributed by atoms with Gasteiger partial charge in [0.25, 0.3) is 0 Å². The second-order valence-electron chi connectivity index (χ2n) is 4.31. The van der Waals surface area contributed by atoms with E-state index in [2.05, 4.69) is 20.9 Å². The monoisotopic (exact) mass is 349 g/mol. The molecular weight excluding hydrogens is 338 g/mol. The molecule has 0 fully saturated rings. The number of halogens is 1. The maximum absolute atomic E-state index is 10.6. The van der Waals surface area contributed by atoms with Crippen molar-refractivity contribution in [2.45, 2.75) is 6.10 Å². The molecule has 0 spiro atoms. The van der Waals surface area contributed by atoms with E-state index in [0.29, 0.717) is 4.60 Å². The van der Waals surface area contributed by atoms with Crippen molar-refractivity contribution in [3.05, 3.63) is 57.0 Å². The smallest absolute Gasteiger partial charge is 0.126 e. The molecule has 0 radical (unpaired) electrons. The maximum atomic E-state index is 10.6. The number of rotatable bonds is 3. The van der Waals surface area contributed by atoms with Gasteiger partial charge in [-0.05, 0) is 32.9 Å². The molecule has 2 aromatic carbocycles. The van der Waals surface area contributed by atoms with Crippen LogP contribution in [0.2, 0.25) is 0 Å². The summed E-state index contributed by atoms with van der Waals surface area (Å²) in [5.41, 5.74) is 2.57. The van der Waals surface area contributed by atoms with Crippen LogP contribution in [0.1, 0.15) is 16.5 Å². The van der Waals surface area contributed by atoms with Crippen LogP contribution in [0.25, 0.3) is 10.8 Å². The molecule has 1 unspecified atom stereocenters. The number of benzene rings is 2. The first kappa shape index (κ1) is 13.5. The summed E-state index contributed by atoms with van der Waals surface area (Å²) >= 11 is 4.80. The van der Waals surface area contributed by atoms with E-state index in [-0.39, 0.29) is 0 Å². The summed E-state index contributed by atoms with van der Waals surface area (Å²) in [7, 11) is 1.65. The Balaban J connectivity index is 2.20. The molecule has 5 heteroatoms. The highest BCUT2D eigenvalue weighted by Gasteiger charge is 2.19. The molecule has 0 aliphatic heterocycles. The van der Waals surface area contributed by atoms with Crippen molar-refractivity contribution in [2.75, 3.05) is 7.11 Å². The first-order valence-corrected chi connectivity index (χ1v) is 7.72. The number of aromatic nitrogens is 1. The zero-order valence-electron chi connectivity index (χ0n) is 10.7. The third-order valence-corrected chi connectivity index (χ3v) is 5.01. The van der Waals surface area contributed by atoms with Gasteiger partial charge >= 0.3 is 0 Å². The molecule has 3 nitrogen and oxygen atoms in total. The highest BCUT2D eigenvalue weighted by atomic mass is 79.9. The van der Waals surface area contributed by atoms with E-state index >= 15 is 0 Å². The summed E-state index contributed by atoms with van der Waals surface area (Å²) < 4.78 is 6.07.